The highest BCUT2D eigenvalue weighted by Gasteiger charge is 2.19. The highest BCUT2D eigenvalue weighted by Crippen LogP contribution is 1.95. The summed E-state index contributed by atoms with van der Waals surface area (Å²) in [6.45, 7) is 3.26. The molecular weight excluding hydrogens is 272 g/mol. The molecule has 112 valence electrons. The number of alkyl carbamates (subject to hydrolysis) is 1. The lowest BCUT2D eigenvalue weighted by Crippen LogP contribution is -2.40. The van der Waals surface area contributed by atoms with E-state index in [4.69, 9.17) is 10.2 Å². The van der Waals surface area contributed by atoms with Gasteiger partial charge in [-0.05, 0) is 6.92 Å². The lowest BCUT2D eigenvalue weighted by atomic mass is 10.3. The molecule has 0 aliphatic rings. The van der Waals surface area contributed by atoms with E-state index in [1.807, 2.05) is 0 Å². The van der Waals surface area contributed by atoms with Crippen LogP contribution in [0.1, 0.15) is 13.3 Å². The van der Waals surface area contributed by atoms with Gasteiger partial charge >= 0.3 is 18.0 Å². The van der Waals surface area contributed by atoms with Crippen molar-refractivity contribution in [3.63, 3.8) is 0 Å². The van der Waals surface area contributed by atoms with E-state index in [2.05, 4.69) is 16.6 Å². The summed E-state index contributed by atoms with van der Waals surface area (Å²) in [7, 11) is 0. The first kappa shape index (κ1) is 17.4. The number of hydrogen-bond acceptors (Lipinski definition) is 5. The maximum absolute atomic E-state index is 11.6. The molecule has 9 nitrogen and oxygen atoms in total. The van der Waals surface area contributed by atoms with Gasteiger partial charge in [-0.15, -0.1) is 0 Å². The van der Waals surface area contributed by atoms with Crippen LogP contribution >= 0.6 is 0 Å². The standard InChI is InChI=1S/C11H16N2O7/c1-7(2)20-11(19)12-4-3-8(14)13(5-9(15)16)6-10(17)18/h1,3-6H2,2H3,(H,12,19)(H,15,16)(H,17,18). The number of nitrogens with zero attached hydrogens (tertiary/aromatic N) is 1. The summed E-state index contributed by atoms with van der Waals surface area (Å²) < 4.78 is 4.56. The van der Waals surface area contributed by atoms with Gasteiger partial charge in [0.1, 0.15) is 13.1 Å². The minimum absolute atomic E-state index is 0.110. The van der Waals surface area contributed by atoms with Crippen LogP contribution in [0.3, 0.4) is 0 Å². The summed E-state index contributed by atoms with van der Waals surface area (Å²) in [5, 5.41) is 19.4. The fourth-order valence-corrected chi connectivity index (χ4v) is 1.18. The van der Waals surface area contributed by atoms with E-state index < -0.39 is 37.0 Å². The van der Waals surface area contributed by atoms with Crippen molar-refractivity contribution in [2.75, 3.05) is 19.6 Å². The van der Waals surface area contributed by atoms with Crippen molar-refractivity contribution in [3.05, 3.63) is 12.3 Å². The Bertz CT molecular complexity index is 403. The first-order valence-electron chi connectivity index (χ1n) is 5.55. The van der Waals surface area contributed by atoms with Crippen LogP contribution in [0.15, 0.2) is 12.3 Å². The van der Waals surface area contributed by atoms with Crippen molar-refractivity contribution in [1.29, 1.82) is 0 Å². The number of rotatable bonds is 8. The zero-order valence-electron chi connectivity index (χ0n) is 10.9. The van der Waals surface area contributed by atoms with Gasteiger partial charge < -0.3 is 25.2 Å². The smallest absolute Gasteiger partial charge is 0.412 e. The molecule has 0 unspecified atom stereocenters. The molecule has 0 radical (unpaired) electrons. The second kappa shape index (κ2) is 8.51. The molecule has 0 aromatic carbocycles. The van der Waals surface area contributed by atoms with Crippen molar-refractivity contribution in [2.24, 2.45) is 0 Å². The van der Waals surface area contributed by atoms with E-state index in [9.17, 15) is 19.2 Å². The van der Waals surface area contributed by atoms with Crippen LogP contribution in [0.25, 0.3) is 0 Å². The Morgan fingerprint density at radius 2 is 1.65 bits per heavy atom. The van der Waals surface area contributed by atoms with Crippen LogP contribution < -0.4 is 5.32 Å². The van der Waals surface area contributed by atoms with Gasteiger partial charge in [-0.2, -0.15) is 0 Å². The first-order valence-corrected chi connectivity index (χ1v) is 5.55. The van der Waals surface area contributed by atoms with Gasteiger partial charge in [0.15, 0.2) is 0 Å². The third kappa shape index (κ3) is 8.50. The van der Waals surface area contributed by atoms with Gasteiger partial charge in [0, 0.05) is 13.0 Å². The SMILES string of the molecule is C=C(C)OC(=O)NCCC(=O)N(CC(=O)O)CC(=O)O. The minimum Gasteiger partial charge on any atom is -0.480 e. The van der Waals surface area contributed by atoms with Crippen LogP contribution in [0.4, 0.5) is 4.79 Å². The van der Waals surface area contributed by atoms with E-state index in [1.54, 1.807) is 0 Å². The molecule has 2 amide bonds. The number of carbonyl (C=O) groups excluding carboxylic acids is 2. The Balaban J connectivity index is 4.25. The molecule has 0 saturated carbocycles. The third-order valence-corrected chi connectivity index (χ3v) is 1.88. The third-order valence-electron chi connectivity index (χ3n) is 1.88. The fraction of sp³-hybridized carbons (Fsp3) is 0.455. The number of allylic oxidation sites excluding steroid dienone is 1. The van der Waals surface area contributed by atoms with Crippen molar-refractivity contribution in [1.82, 2.24) is 10.2 Å². The molecule has 0 aromatic rings. The second-order valence-corrected chi connectivity index (χ2v) is 3.81. The summed E-state index contributed by atoms with van der Waals surface area (Å²) >= 11 is 0. The Kier molecular flexibility index (Phi) is 7.41. The molecule has 3 N–H and O–H groups in total. The largest absolute Gasteiger partial charge is 0.480 e. The Hall–Kier alpha value is -2.58. The van der Waals surface area contributed by atoms with Gasteiger partial charge in [0.25, 0.3) is 0 Å². The zero-order chi connectivity index (χ0) is 15.7. The molecule has 9 heteroatoms. The number of carbonyl (C=O) groups is 4. The number of amides is 2. The van der Waals surface area contributed by atoms with Crippen LogP contribution in [0.2, 0.25) is 0 Å². The number of hydrogen-bond donors (Lipinski definition) is 3. The zero-order valence-corrected chi connectivity index (χ0v) is 10.9. The molecule has 0 heterocycles. The van der Waals surface area contributed by atoms with E-state index in [-0.39, 0.29) is 18.7 Å². The Labute approximate surface area is 114 Å². The maximum Gasteiger partial charge on any atom is 0.412 e. The summed E-state index contributed by atoms with van der Waals surface area (Å²) in [5.74, 6) is -3.18. The van der Waals surface area contributed by atoms with E-state index in [0.29, 0.717) is 4.90 Å². The van der Waals surface area contributed by atoms with Gasteiger partial charge in [-0.3, -0.25) is 14.4 Å². The molecule has 0 fully saturated rings. The lowest BCUT2D eigenvalue weighted by Gasteiger charge is -2.18. The van der Waals surface area contributed by atoms with Crippen molar-refractivity contribution >= 4 is 23.9 Å². The van der Waals surface area contributed by atoms with Crippen molar-refractivity contribution in [3.8, 4) is 0 Å². The van der Waals surface area contributed by atoms with E-state index in [0.717, 1.165) is 0 Å². The minimum atomic E-state index is -1.32. The van der Waals surface area contributed by atoms with Crippen molar-refractivity contribution < 1.29 is 34.1 Å². The predicted molar refractivity (Wildman–Crippen MR) is 65.8 cm³/mol. The van der Waals surface area contributed by atoms with E-state index >= 15 is 0 Å². The number of aliphatic carboxylic acids is 2. The molecule has 0 aliphatic carbocycles. The molecule has 0 saturated heterocycles. The second-order valence-electron chi connectivity index (χ2n) is 3.81. The molecule has 0 rings (SSSR count). The van der Waals surface area contributed by atoms with Crippen LogP contribution in [0, 0.1) is 0 Å². The van der Waals surface area contributed by atoms with Gasteiger partial charge in [-0.25, -0.2) is 4.79 Å². The number of ether oxygens (including phenoxy) is 1. The monoisotopic (exact) mass is 288 g/mol. The van der Waals surface area contributed by atoms with Crippen LogP contribution in [-0.4, -0.2) is 58.7 Å². The summed E-state index contributed by atoms with van der Waals surface area (Å²) in [6.07, 6.45) is -1.04. The van der Waals surface area contributed by atoms with Gasteiger partial charge in [-0.1, -0.05) is 6.58 Å². The number of carboxylic acid groups (broad SMARTS) is 2. The van der Waals surface area contributed by atoms with E-state index in [1.165, 1.54) is 6.92 Å². The summed E-state index contributed by atoms with van der Waals surface area (Å²) in [6, 6.07) is 0. The highest BCUT2D eigenvalue weighted by atomic mass is 16.6. The highest BCUT2D eigenvalue weighted by molar-refractivity contribution is 5.85. The molecule has 0 spiro atoms. The summed E-state index contributed by atoms with van der Waals surface area (Å²) in [4.78, 5) is 44.3. The average molecular weight is 288 g/mol. The first-order chi connectivity index (χ1) is 9.22. The number of carboxylic acids is 2. The Morgan fingerprint density at radius 1 is 1.15 bits per heavy atom. The van der Waals surface area contributed by atoms with Crippen molar-refractivity contribution in [2.45, 2.75) is 13.3 Å². The maximum atomic E-state index is 11.6. The molecule has 0 aliphatic heterocycles. The van der Waals surface area contributed by atoms with Gasteiger partial charge in [0.05, 0.1) is 5.76 Å². The molecule has 0 aromatic heterocycles. The molecule has 0 bridgehead atoms. The Morgan fingerprint density at radius 3 is 2.05 bits per heavy atom. The molecule has 20 heavy (non-hydrogen) atoms. The van der Waals surface area contributed by atoms with Crippen LogP contribution in [-0.2, 0) is 19.1 Å². The summed E-state index contributed by atoms with van der Waals surface area (Å²) in [5.41, 5.74) is 0. The fourth-order valence-electron chi connectivity index (χ4n) is 1.18. The lowest BCUT2D eigenvalue weighted by molar-refractivity contribution is -0.149. The van der Waals surface area contributed by atoms with Gasteiger partial charge in [0.2, 0.25) is 5.91 Å². The van der Waals surface area contributed by atoms with Crippen LogP contribution in [0.5, 0.6) is 0 Å². The quantitative estimate of drug-likeness (QED) is 0.519. The predicted octanol–water partition coefficient (Wildman–Crippen LogP) is -0.366. The number of nitrogens with one attached hydrogen (secondary N) is 1. The molecular formula is C11H16N2O7. The normalized spacial score (nSPS) is 9.45. The molecule has 0 atom stereocenters. The topological polar surface area (TPSA) is 133 Å². The average Bonchev–Trinajstić information content (AvgIpc) is 2.25.